The number of nitrogens with zero attached hydrogens (tertiary/aromatic N) is 1. The number of hydrogen-bond donors (Lipinski definition) is 0. The van der Waals surface area contributed by atoms with Crippen LogP contribution in [0.1, 0.15) is 32.6 Å². The Bertz CT molecular complexity index is 562. The van der Waals surface area contributed by atoms with Gasteiger partial charge < -0.3 is 9.15 Å². The van der Waals surface area contributed by atoms with E-state index in [0.29, 0.717) is 17.5 Å². The van der Waals surface area contributed by atoms with Crippen molar-refractivity contribution in [3.05, 3.63) is 34.7 Å². The van der Waals surface area contributed by atoms with Crippen LogP contribution in [0, 0.1) is 0 Å². The summed E-state index contributed by atoms with van der Waals surface area (Å²) in [7, 11) is 0. The third-order valence-corrected chi connectivity index (χ3v) is 2.74. The molecule has 0 saturated heterocycles. The second kappa shape index (κ2) is 6.19. The van der Waals surface area contributed by atoms with E-state index < -0.39 is 5.63 Å². The maximum atomic E-state index is 11.6. The number of hydrogen-bond acceptors (Lipinski definition) is 4. The molecule has 0 unspecified atom stereocenters. The Morgan fingerprint density at radius 1 is 1.22 bits per heavy atom. The summed E-state index contributed by atoms with van der Waals surface area (Å²) in [6.45, 7) is 2.69. The van der Waals surface area contributed by atoms with Gasteiger partial charge in [-0.1, -0.05) is 38.3 Å². The molecule has 0 saturated carbocycles. The van der Waals surface area contributed by atoms with Gasteiger partial charge in [-0.3, -0.25) is 0 Å². The third kappa shape index (κ3) is 3.09. The Morgan fingerprint density at radius 3 is 2.89 bits per heavy atom. The smallest absolute Gasteiger partial charge is 0.397 e. The number of unbranched alkanes of at least 4 members (excludes halogenated alkanes) is 3. The summed E-state index contributed by atoms with van der Waals surface area (Å²) in [5, 5.41) is 0.482. The molecule has 0 amide bonds. The van der Waals surface area contributed by atoms with Crippen LogP contribution in [-0.2, 0) is 0 Å². The van der Waals surface area contributed by atoms with E-state index in [9.17, 15) is 4.79 Å². The fourth-order valence-electron chi connectivity index (χ4n) is 1.75. The minimum atomic E-state index is -0.399. The lowest BCUT2D eigenvalue weighted by Crippen LogP contribution is -2.06. The molecule has 1 aromatic carbocycles. The monoisotopic (exact) mass is 247 g/mol. The Kier molecular flexibility index (Phi) is 4.34. The molecule has 2 aromatic rings. The van der Waals surface area contributed by atoms with Crippen LogP contribution in [0.3, 0.4) is 0 Å². The SMILES string of the molecule is CCCCCCOc1nc2ccccc2c(=O)o1. The second-order valence-corrected chi connectivity index (χ2v) is 4.19. The number of aromatic nitrogens is 1. The van der Waals surface area contributed by atoms with Crippen LogP contribution in [-0.4, -0.2) is 11.6 Å². The van der Waals surface area contributed by atoms with Crippen molar-refractivity contribution in [2.45, 2.75) is 32.6 Å². The van der Waals surface area contributed by atoms with Crippen LogP contribution in [0.15, 0.2) is 33.5 Å². The van der Waals surface area contributed by atoms with Crippen molar-refractivity contribution in [1.82, 2.24) is 4.98 Å². The molecule has 96 valence electrons. The van der Waals surface area contributed by atoms with Crippen molar-refractivity contribution in [1.29, 1.82) is 0 Å². The largest absolute Gasteiger partial charge is 0.450 e. The molecule has 0 atom stereocenters. The van der Waals surface area contributed by atoms with Crippen molar-refractivity contribution in [2.24, 2.45) is 0 Å². The van der Waals surface area contributed by atoms with Crippen LogP contribution in [0.2, 0.25) is 0 Å². The average Bonchev–Trinajstić information content (AvgIpc) is 2.39. The lowest BCUT2D eigenvalue weighted by atomic mass is 10.2. The molecule has 0 bridgehead atoms. The number of ether oxygens (including phenoxy) is 1. The number of fused-ring (bicyclic) bond motifs is 1. The zero-order chi connectivity index (χ0) is 12.8. The molecule has 1 aromatic heterocycles. The van der Waals surface area contributed by atoms with Gasteiger partial charge in [-0.25, -0.2) is 4.79 Å². The highest BCUT2D eigenvalue weighted by Gasteiger charge is 2.06. The molecule has 0 fully saturated rings. The zero-order valence-corrected chi connectivity index (χ0v) is 10.5. The molecule has 4 nitrogen and oxygen atoms in total. The molecule has 0 spiro atoms. The van der Waals surface area contributed by atoms with Gasteiger partial charge in [0.15, 0.2) is 0 Å². The minimum Gasteiger partial charge on any atom is -0.450 e. The summed E-state index contributed by atoms with van der Waals surface area (Å²) in [5.41, 5.74) is 0.210. The molecule has 4 heteroatoms. The van der Waals surface area contributed by atoms with E-state index in [4.69, 9.17) is 9.15 Å². The molecule has 2 rings (SSSR count). The summed E-state index contributed by atoms with van der Waals surface area (Å²) in [4.78, 5) is 15.8. The number of rotatable bonds is 6. The summed E-state index contributed by atoms with van der Waals surface area (Å²) in [5.74, 6) is 0. The van der Waals surface area contributed by atoms with Crippen molar-refractivity contribution >= 4 is 10.9 Å². The summed E-state index contributed by atoms with van der Waals surface area (Å²) < 4.78 is 10.4. The summed E-state index contributed by atoms with van der Waals surface area (Å²) >= 11 is 0. The van der Waals surface area contributed by atoms with Gasteiger partial charge in [0.25, 0.3) is 0 Å². The Morgan fingerprint density at radius 2 is 2.06 bits per heavy atom. The van der Waals surface area contributed by atoms with E-state index in [1.807, 2.05) is 6.07 Å². The molecule has 0 aliphatic carbocycles. The summed E-state index contributed by atoms with van der Waals surface area (Å²) in [6.07, 6.45) is 4.51. The molecule has 0 aliphatic heterocycles. The lowest BCUT2D eigenvalue weighted by Gasteiger charge is -2.03. The molecular formula is C14H17NO3. The van der Waals surface area contributed by atoms with Gasteiger partial charge in [-0.2, -0.15) is 4.98 Å². The van der Waals surface area contributed by atoms with Crippen molar-refractivity contribution < 1.29 is 9.15 Å². The Labute approximate surface area is 106 Å². The highest BCUT2D eigenvalue weighted by atomic mass is 16.6. The standard InChI is InChI=1S/C14H17NO3/c1-2-3-4-7-10-17-14-15-12-9-6-5-8-11(12)13(16)18-14/h5-6,8-9H,2-4,7,10H2,1H3. The summed E-state index contributed by atoms with van der Waals surface area (Å²) in [6, 6.07) is 7.08. The minimum absolute atomic E-state index is 0.0650. The fourth-order valence-corrected chi connectivity index (χ4v) is 1.75. The van der Waals surface area contributed by atoms with E-state index in [1.54, 1.807) is 18.2 Å². The van der Waals surface area contributed by atoms with E-state index in [2.05, 4.69) is 11.9 Å². The van der Waals surface area contributed by atoms with Gasteiger partial charge in [0.1, 0.15) is 0 Å². The van der Waals surface area contributed by atoms with Gasteiger partial charge in [0, 0.05) is 0 Å². The second-order valence-electron chi connectivity index (χ2n) is 4.19. The van der Waals surface area contributed by atoms with Crippen LogP contribution in [0.4, 0.5) is 0 Å². The van der Waals surface area contributed by atoms with Crippen LogP contribution >= 0.6 is 0 Å². The van der Waals surface area contributed by atoms with Crippen LogP contribution < -0.4 is 10.4 Å². The third-order valence-electron chi connectivity index (χ3n) is 2.74. The van der Waals surface area contributed by atoms with E-state index in [0.717, 1.165) is 12.8 Å². The van der Waals surface area contributed by atoms with E-state index >= 15 is 0 Å². The first-order valence-corrected chi connectivity index (χ1v) is 6.34. The molecule has 1 heterocycles. The number of benzene rings is 1. The maximum absolute atomic E-state index is 11.6. The fraction of sp³-hybridized carbons (Fsp3) is 0.429. The predicted molar refractivity (Wildman–Crippen MR) is 69.9 cm³/mol. The van der Waals surface area contributed by atoms with Crippen molar-refractivity contribution in [3.63, 3.8) is 0 Å². The first kappa shape index (κ1) is 12.6. The maximum Gasteiger partial charge on any atom is 0.397 e. The normalized spacial score (nSPS) is 10.7. The molecule has 0 N–H and O–H groups in total. The van der Waals surface area contributed by atoms with Gasteiger partial charge in [0.05, 0.1) is 17.5 Å². The average molecular weight is 247 g/mol. The Balaban J connectivity index is 2.03. The zero-order valence-electron chi connectivity index (χ0n) is 10.5. The highest BCUT2D eigenvalue weighted by molar-refractivity contribution is 5.76. The topological polar surface area (TPSA) is 52.3 Å². The molecule has 18 heavy (non-hydrogen) atoms. The quantitative estimate of drug-likeness (QED) is 0.736. The van der Waals surface area contributed by atoms with Gasteiger partial charge in [-0.05, 0) is 18.6 Å². The van der Waals surface area contributed by atoms with Gasteiger partial charge >= 0.3 is 11.7 Å². The van der Waals surface area contributed by atoms with E-state index in [-0.39, 0.29) is 6.08 Å². The van der Waals surface area contributed by atoms with E-state index in [1.165, 1.54) is 12.8 Å². The number of para-hydroxylation sites is 1. The Hall–Kier alpha value is -1.84. The predicted octanol–water partition coefficient (Wildman–Crippen LogP) is 3.15. The first-order chi connectivity index (χ1) is 8.81. The molecular weight excluding hydrogens is 230 g/mol. The molecule has 0 aliphatic rings. The van der Waals surface area contributed by atoms with Crippen LogP contribution in [0.25, 0.3) is 10.9 Å². The van der Waals surface area contributed by atoms with Gasteiger partial charge in [-0.15, -0.1) is 0 Å². The van der Waals surface area contributed by atoms with Crippen LogP contribution in [0.5, 0.6) is 6.08 Å². The van der Waals surface area contributed by atoms with Gasteiger partial charge in [0.2, 0.25) is 0 Å². The lowest BCUT2D eigenvalue weighted by molar-refractivity contribution is 0.211. The van der Waals surface area contributed by atoms with Crippen molar-refractivity contribution in [3.8, 4) is 6.08 Å². The van der Waals surface area contributed by atoms with Crippen molar-refractivity contribution in [2.75, 3.05) is 6.61 Å². The highest BCUT2D eigenvalue weighted by Crippen LogP contribution is 2.12. The first-order valence-electron chi connectivity index (χ1n) is 6.34. The molecule has 0 radical (unpaired) electrons.